The molecule has 1 aliphatic heterocycles. The number of para-hydroxylation sites is 1. The van der Waals surface area contributed by atoms with Crippen LogP contribution in [0.5, 0.6) is 5.75 Å². The minimum absolute atomic E-state index is 0.237. The van der Waals surface area contributed by atoms with E-state index >= 15 is 0 Å². The maximum Gasteiger partial charge on any atom is 0.138 e. The normalized spacial score (nSPS) is 19.2. The van der Waals surface area contributed by atoms with Gasteiger partial charge in [0.2, 0.25) is 0 Å². The third-order valence-electron chi connectivity index (χ3n) is 4.48. The Kier molecular flexibility index (Phi) is 3.59. The van der Waals surface area contributed by atoms with Gasteiger partial charge in [0.15, 0.2) is 0 Å². The number of aryl methyl sites for hydroxylation is 1. The number of ether oxygens (including phenoxy) is 1. The van der Waals surface area contributed by atoms with E-state index in [1.807, 2.05) is 35.1 Å². The molecule has 22 heavy (non-hydrogen) atoms. The molecule has 2 aliphatic rings. The zero-order valence-electron chi connectivity index (χ0n) is 12.7. The highest BCUT2D eigenvalue weighted by molar-refractivity contribution is 6.32. The maximum atomic E-state index is 6.13. The Morgan fingerprint density at radius 1 is 1.27 bits per heavy atom. The molecule has 5 heteroatoms. The molecule has 2 fully saturated rings. The molecule has 0 radical (unpaired) electrons. The number of rotatable bonds is 5. The second-order valence-electron chi connectivity index (χ2n) is 6.32. The van der Waals surface area contributed by atoms with Crippen molar-refractivity contribution in [1.82, 2.24) is 14.7 Å². The van der Waals surface area contributed by atoms with Gasteiger partial charge in [-0.05, 0) is 25.0 Å². The average Bonchev–Trinajstić information content (AvgIpc) is 3.23. The Balaban J connectivity index is 1.33. The summed E-state index contributed by atoms with van der Waals surface area (Å²) in [5.74, 6) is 1.52. The molecule has 2 heterocycles. The van der Waals surface area contributed by atoms with Crippen LogP contribution in [0.25, 0.3) is 0 Å². The topological polar surface area (TPSA) is 30.3 Å². The van der Waals surface area contributed by atoms with Crippen molar-refractivity contribution in [1.29, 1.82) is 0 Å². The van der Waals surface area contributed by atoms with Gasteiger partial charge < -0.3 is 4.74 Å². The van der Waals surface area contributed by atoms with Gasteiger partial charge in [-0.1, -0.05) is 23.7 Å². The lowest BCUT2D eigenvalue weighted by molar-refractivity contribution is 0.0144. The predicted molar refractivity (Wildman–Crippen MR) is 86.3 cm³/mol. The maximum absolute atomic E-state index is 6.13. The number of nitrogens with zero attached hydrogens (tertiary/aromatic N) is 3. The molecular weight excluding hydrogens is 298 g/mol. The molecule has 4 rings (SSSR count). The molecule has 0 atom stereocenters. The highest BCUT2D eigenvalue weighted by Crippen LogP contribution is 2.41. The van der Waals surface area contributed by atoms with Gasteiger partial charge in [0.05, 0.1) is 11.2 Å². The number of halogens is 1. The van der Waals surface area contributed by atoms with E-state index < -0.39 is 0 Å². The second-order valence-corrected chi connectivity index (χ2v) is 6.72. The highest BCUT2D eigenvalue weighted by atomic mass is 35.5. The number of benzene rings is 1. The lowest BCUT2D eigenvalue weighted by atomic mass is 10.1. The Morgan fingerprint density at radius 2 is 2.05 bits per heavy atom. The first-order valence-electron chi connectivity index (χ1n) is 7.85. The first kappa shape index (κ1) is 14.1. The molecule has 1 aromatic carbocycles. The van der Waals surface area contributed by atoms with Gasteiger partial charge in [0.25, 0.3) is 0 Å². The van der Waals surface area contributed by atoms with E-state index in [0.717, 1.165) is 31.3 Å². The molecule has 0 N–H and O–H groups in total. The summed E-state index contributed by atoms with van der Waals surface area (Å²) in [6.45, 7) is 2.87. The van der Waals surface area contributed by atoms with Gasteiger partial charge in [0, 0.05) is 43.9 Å². The van der Waals surface area contributed by atoms with Crippen molar-refractivity contribution in [2.45, 2.75) is 31.4 Å². The fraction of sp³-hybridized carbons (Fsp3) is 0.471. The zero-order chi connectivity index (χ0) is 15.1. The first-order valence-corrected chi connectivity index (χ1v) is 8.23. The summed E-state index contributed by atoms with van der Waals surface area (Å²) in [6.07, 6.45) is 4.88. The Hall–Kier alpha value is -1.52. The molecule has 1 saturated carbocycles. The Morgan fingerprint density at radius 3 is 2.77 bits per heavy atom. The van der Waals surface area contributed by atoms with Crippen LogP contribution in [-0.4, -0.2) is 33.9 Å². The zero-order valence-corrected chi connectivity index (χ0v) is 13.5. The van der Waals surface area contributed by atoms with Crippen LogP contribution in [0.4, 0.5) is 0 Å². The summed E-state index contributed by atoms with van der Waals surface area (Å²) >= 11 is 6.13. The van der Waals surface area contributed by atoms with E-state index in [1.165, 1.54) is 24.1 Å². The van der Waals surface area contributed by atoms with E-state index in [9.17, 15) is 0 Å². The van der Waals surface area contributed by atoms with Gasteiger partial charge in [0.1, 0.15) is 11.9 Å². The number of aromatic nitrogens is 2. The van der Waals surface area contributed by atoms with Gasteiger partial charge >= 0.3 is 0 Å². The largest absolute Gasteiger partial charge is 0.486 e. The number of likely N-dealkylation sites (tertiary alicyclic amines) is 1. The van der Waals surface area contributed by atoms with Crippen LogP contribution in [0.15, 0.2) is 30.5 Å². The Labute approximate surface area is 135 Å². The molecule has 4 nitrogen and oxygen atoms in total. The van der Waals surface area contributed by atoms with Gasteiger partial charge in [-0.2, -0.15) is 5.10 Å². The first-order chi connectivity index (χ1) is 10.7. The van der Waals surface area contributed by atoms with Crippen LogP contribution < -0.4 is 4.74 Å². The molecule has 2 aromatic rings. The van der Waals surface area contributed by atoms with Crippen molar-refractivity contribution < 1.29 is 4.74 Å². The van der Waals surface area contributed by atoms with Crippen molar-refractivity contribution in [3.05, 3.63) is 46.7 Å². The van der Waals surface area contributed by atoms with Crippen LogP contribution in [-0.2, 0) is 13.6 Å². The molecule has 1 saturated heterocycles. The van der Waals surface area contributed by atoms with E-state index in [0.29, 0.717) is 5.02 Å². The third-order valence-corrected chi connectivity index (χ3v) is 4.79. The molecule has 1 aliphatic carbocycles. The molecule has 0 unspecified atom stereocenters. The summed E-state index contributed by atoms with van der Waals surface area (Å²) in [6, 6.07) is 7.67. The van der Waals surface area contributed by atoms with Crippen molar-refractivity contribution in [3.63, 3.8) is 0 Å². The van der Waals surface area contributed by atoms with Crippen molar-refractivity contribution in [2.75, 3.05) is 13.1 Å². The number of hydrogen-bond donors (Lipinski definition) is 0. The summed E-state index contributed by atoms with van der Waals surface area (Å²) in [5, 5.41) is 5.11. The SMILES string of the molecule is Cn1ncc(CN2CC(Oc3ccccc3Cl)C2)c1C1CC1. The summed E-state index contributed by atoms with van der Waals surface area (Å²) in [4.78, 5) is 2.41. The van der Waals surface area contributed by atoms with Crippen LogP contribution >= 0.6 is 11.6 Å². The Bertz CT molecular complexity index is 674. The van der Waals surface area contributed by atoms with Gasteiger partial charge in [-0.3, -0.25) is 9.58 Å². The van der Waals surface area contributed by atoms with Crippen molar-refractivity contribution >= 4 is 11.6 Å². The molecule has 1 aromatic heterocycles. The molecule has 116 valence electrons. The van der Waals surface area contributed by atoms with E-state index in [4.69, 9.17) is 16.3 Å². The fourth-order valence-electron chi connectivity index (χ4n) is 3.18. The second kappa shape index (κ2) is 5.60. The minimum atomic E-state index is 0.237. The van der Waals surface area contributed by atoms with E-state index in [2.05, 4.69) is 17.0 Å². The van der Waals surface area contributed by atoms with E-state index in [-0.39, 0.29) is 6.10 Å². The average molecular weight is 318 g/mol. The highest BCUT2D eigenvalue weighted by Gasteiger charge is 2.33. The van der Waals surface area contributed by atoms with Crippen LogP contribution in [0.2, 0.25) is 5.02 Å². The predicted octanol–water partition coefficient (Wildman–Crippen LogP) is 3.21. The lowest BCUT2D eigenvalue weighted by Crippen LogP contribution is -2.53. The third kappa shape index (κ3) is 2.73. The van der Waals surface area contributed by atoms with Crippen LogP contribution in [0.1, 0.15) is 30.0 Å². The summed E-state index contributed by atoms with van der Waals surface area (Å²) in [5.41, 5.74) is 2.80. The molecule has 0 spiro atoms. The van der Waals surface area contributed by atoms with E-state index in [1.54, 1.807) is 0 Å². The molecule has 0 amide bonds. The monoisotopic (exact) mass is 317 g/mol. The van der Waals surface area contributed by atoms with Crippen molar-refractivity contribution in [2.24, 2.45) is 7.05 Å². The molecule has 0 bridgehead atoms. The quantitative estimate of drug-likeness (QED) is 0.848. The summed E-state index contributed by atoms with van der Waals surface area (Å²) in [7, 11) is 2.05. The van der Waals surface area contributed by atoms with Crippen molar-refractivity contribution in [3.8, 4) is 5.75 Å². The minimum Gasteiger partial charge on any atom is -0.486 e. The van der Waals surface area contributed by atoms with Gasteiger partial charge in [-0.25, -0.2) is 0 Å². The lowest BCUT2D eigenvalue weighted by Gasteiger charge is -2.39. The van der Waals surface area contributed by atoms with Crippen LogP contribution in [0.3, 0.4) is 0 Å². The van der Waals surface area contributed by atoms with Crippen LogP contribution in [0, 0.1) is 0 Å². The molecular formula is C17H20ClN3O. The smallest absolute Gasteiger partial charge is 0.138 e. The fourth-order valence-corrected chi connectivity index (χ4v) is 3.36. The standard InChI is InChI=1S/C17H20ClN3O/c1-20-17(12-6-7-12)13(8-19-20)9-21-10-14(11-21)22-16-5-3-2-4-15(16)18/h2-5,8,12,14H,6-7,9-11H2,1H3. The van der Waals surface area contributed by atoms with Gasteiger partial charge in [-0.15, -0.1) is 0 Å². The number of hydrogen-bond acceptors (Lipinski definition) is 3. The summed E-state index contributed by atoms with van der Waals surface area (Å²) < 4.78 is 8.00.